The molecule has 2 atom stereocenters. The topological polar surface area (TPSA) is 105 Å². The van der Waals surface area contributed by atoms with Gasteiger partial charge < -0.3 is 19.5 Å². The van der Waals surface area contributed by atoms with Crippen molar-refractivity contribution in [3.8, 4) is 5.75 Å². The fraction of sp³-hybridized carbons (Fsp3) is 0.500. The van der Waals surface area contributed by atoms with Gasteiger partial charge in [0.15, 0.2) is 6.10 Å². The number of carbonyl (C=O) groups is 1. The first kappa shape index (κ1) is 26.8. The van der Waals surface area contributed by atoms with Crippen LogP contribution in [0, 0.1) is 6.92 Å². The average Bonchev–Trinajstić information content (AvgIpc) is 2.73. The fourth-order valence-electron chi connectivity index (χ4n) is 4.13. The Labute approximate surface area is 208 Å². The number of aliphatic hydroxyl groups excluding tert-OH is 1. The molecule has 9 heteroatoms. The summed E-state index contributed by atoms with van der Waals surface area (Å²) in [6.45, 7) is 11.4. The van der Waals surface area contributed by atoms with E-state index >= 15 is 0 Å². The van der Waals surface area contributed by atoms with Gasteiger partial charge in [-0.15, -0.1) is 0 Å². The number of fused-ring (bicyclic) bond motifs is 1. The van der Waals surface area contributed by atoms with E-state index in [0.29, 0.717) is 35.5 Å². The third-order valence-corrected chi connectivity index (χ3v) is 6.72. The molecule has 3 rings (SSSR count). The first-order valence-corrected chi connectivity index (χ1v) is 13.5. The first-order chi connectivity index (χ1) is 16.1. The molecule has 0 aromatic heterocycles. The Morgan fingerprint density at radius 3 is 2.37 bits per heavy atom. The highest BCUT2D eigenvalue weighted by atomic mass is 32.2. The van der Waals surface area contributed by atoms with Crippen LogP contribution in [0.5, 0.6) is 5.75 Å². The summed E-state index contributed by atoms with van der Waals surface area (Å²) in [5.74, 6) is 0.387. The number of sulfonamides is 1. The first-order valence-electron chi connectivity index (χ1n) is 11.6. The highest BCUT2D eigenvalue weighted by Crippen LogP contribution is 2.45. The van der Waals surface area contributed by atoms with Crippen LogP contribution in [0.25, 0.3) is 0 Å². The van der Waals surface area contributed by atoms with E-state index < -0.39 is 39.5 Å². The van der Waals surface area contributed by atoms with E-state index in [-0.39, 0.29) is 0 Å². The van der Waals surface area contributed by atoms with Crippen molar-refractivity contribution >= 4 is 21.8 Å². The second-order valence-corrected chi connectivity index (χ2v) is 12.3. The molecule has 35 heavy (non-hydrogen) atoms. The molecule has 0 unspecified atom stereocenters. The highest BCUT2D eigenvalue weighted by Gasteiger charge is 2.46. The molecule has 0 saturated carbocycles. The number of rotatable bonds is 6. The van der Waals surface area contributed by atoms with Gasteiger partial charge in [-0.1, -0.05) is 30.3 Å². The number of aliphatic hydroxyl groups is 1. The van der Waals surface area contributed by atoms with Crippen molar-refractivity contribution in [2.24, 2.45) is 0 Å². The molecule has 2 aromatic rings. The maximum atomic E-state index is 13.4. The van der Waals surface area contributed by atoms with E-state index in [1.54, 1.807) is 37.8 Å². The molecular weight excluding hydrogens is 468 g/mol. The van der Waals surface area contributed by atoms with E-state index in [2.05, 4.69) is 4.72 Å². The van der Waals surface area contributed by atoms with Gasteiger partial charge in [-0.05, 0) is 65.7 Å². The molecule has 8 nitrogen and oxygen atoms in total. The minimum atomic E-state index is -3.50. The summed E-state index contributed by atoms with van der Waals surface area (Å²) in [5, 5.41) is 11.1. The molecule has 0 spiro atoms. The summed E-state index contributed by atoms with van der Waals surface area (Å²) >= 11 is 0. The van der Waals surface area contributed by atoms with Crippen molar-refractivity contribution in [2.45, 2.75) is 71.3 Å². The number of hydrogen-bond donors (Lipinski definition) is 2. The van der Waals surface area contributed by atoms with E-state index in [4.69, 9.17) is 9.47 Å². The molecule has 0 bridgehead atoms. The molecule has 0 fully saturated rings. The van der Waals surface area contributed by atoms with Crippen LogP contribution in [0.2, 0.25) is 0 Å². The van der Waals surface area contributed by atoms with Gasteiger partial charge in [-0.25, -0.2) is 13.2 Å². The standard InChI is InChI=1S/C26H36N2O6S/c1-17-20(27-35(7,31)32)14-13-19-21(17)34-26(5,6)23(29)22(19)33-24(30)28(25(2,3)4)16-15-18-11-9-8-10-12-18/h8-14,22-23,27,29H,15-16H2,1-7H3/t22-,23+/m0/s1. The minimum absolute atomic E-state index is 0.364. The molecule has 0 aliphatic carbocycles. The number of nitrogens with one attached hydrogen (secondary N) is 1. The van der Waals surface area contributed by atoms with Crippen LogP contribution in [-0.2, 0) is 21.2 Å². The van der Waals surface area contributed by atoms with Crippen molar-refractivity contribution in [3.63, 3.8) is 0 Å². The molecule has 192 valence electrons. The molecular formula is C26H36N2O6S. The van der Waals surface area contributed by atoms with Gasteiger partial charge in [0.1, 0.15) is 17.5 Å². The van der Waals surface area contributed by atoms with Crippen molar-refractivity contribution in [3.05, 3.63) is 59.2 Å². The van der Waals surface area contributed by atoms with Crippen LogP contribution in [0.1, 0.15) is 57.4 Å². The average molecular weight is 505 g/mol. The number of amides is 1. The lowest BCUT2D eigenvalue weighted by atomic mass is 9.87. The second-order valence-electron chi connectivity index (χ2n) is 10.5. The van der Waals surface area contributed by atoms with Gasteiger partial charge >= 0.3 is 6.09 Å². The van der Waals surface area contributed by atoms with Crippen molar-refractivity contribution in [1.82, 2.24) is 4.90 Å². The van der Waals surface area contributed by atoms with Gasteiger partial charge in [0, 0.05) is 23.2 Å². The van der Waals surface area contributed by atoms with Gasteiger partial charge in [0.05, 0.1) is 11.9 Å². The van der Waals surface area contributed by atoms with Crippen LogP contribution in [0.15, 0.2) is 42.5 Å². The number of carbonyl (C=O) groups excluding carboxylic acids is 1. The summed E-state index contributed by atoms with van der Waals surface area (Å²) in [5.41, 5.74) is 0.906. The number of nitrogens with zero attached hydrogens (tertiary/aromatic N) is 1. The number of anilines is 1. The van der Waals surface area contributed by atoms with Crippen molar-refractivity contribution in [2.75, 3.05) is 17.5 Å². The van der Waals surface area contributed by atoms with Crippen molar-refractivity contribution in [1.29, 1.82) is 0 Å². The predicted molar refractivity (Wildman–Crippen MR) is 136 cm³/mol. The Bertz CT molecular complexity index is 1170. The van der Waals surface area contributed by atoms with Crippen LogP contribution in [0.3, 0.4) is 0 Å². The van der Waals surface area contributed by atoms with Gasteiger partial charge in [0.2, 0.25) is 10.0 Å². The zero-order valence-corrected chi connectivity index (χ0v) is 22.3. The van der Waals surface area contributed by atoms with E-state index in [0.717, 1.165) is 11.8 Å². The predicted octanol–water partition coefficient (Wildman–Crippen LogP) is 4.42. The third-order valence-electron chi connectivity index (χ3n) is 6.13. The van der Waals surface area contributed by atoms with Crippen LogP contribution in [-0.4, -0.2) is 54.6 Å². The SMILES string of the molecule is Cc1c(NS(C)(=O)=O)ccc2c1OC(C)(C)[C@H](O)[C@H]2OC(=O)N(CCc1ccccc1)C(C)(C)C. The van der Waals surface area contributed by atoms with E-state index in [1.165, 1.54) is 0 Å². The summed E-state index contributed by atoms with van der Waals surface area (Å²) in [6.07, 6.45) is -0.943. The molecule has 0 saturated heterocycles. The Morgan fingerprint density at radius 2 is 1.80 bits per heavy atom. The highest BCUT2D eigenvalue weighted by molar-refractivity contribution is 7.92. The van der Waals surface area contributed by atoms with Crippen molar-refractivity contribution < 1.29 is 27.8 Å². The molecule has 1 aliphatic rings. The summed E-state index contributed by atoms with van der Waals surface area (Å²) in [4.78, 5) is 15.1. The quantitative estimate of drug-likeness (QED) is 0.603. The minimum Gasteiger partial charge on any atom is -0.484 e. The van der Waals surface area contributed by atoms with Crippen LogP contribution < -0.4 is 9.46 Å². The van der Waals surface area contributed by atoms with Gasteiger partial charge in [0.25, 0.3) is 0 Å². The maximum absolute atomic E-state index is 13.4. The largest absolute Gasteiger partial charge is 0.484 e. The maximum Gasteiger partial charge on any atom is 0.410 e. The summed E-state index contributed by atoms with van der Waals surface area (Å²) < 4.78 is 38.1. The van der Waals surface area contributed by atoms with E-state index in [9.17, 15) is 18.3 Å². The molecule has 2 N–H and O–H groups in total. The fourth-order valence-corrected chi connectivity index (χ4v) is 4.75. The Hall–Kier alpha value is -2.78. The lowest BCUT2D eigenvalue weighted by Gasteiger charge is -2.43. The molecule has 1 aliphatic heterocycles. The monoisotopic (exact) mass is 504 g/mol. The number of ether oxygens (including phenoxy) is 2. The van der Waals surface area contributed by atoms with Gasteiger partial charge in [-0.3, -0.25) is 4.72 Å². The Kier molecular flexibility index (Phi) is 7.43. The normalized spacial score (nSPS) is 19.3. The molecule has 2 aromatic carbocycles. The number of benzene rings is 2. The van der Waals surface area contributed by atoms with Gasteiger partial charge in [-0.2, -0.15) is 0 Å². The molecule has 1 heterocycles. The summed E-state index contributed by atoms with van der Waals surface area (Å²) in [6, 6.07) is 13.1. The van der Waals surface area contributed by atoms with Crippen LogP contribution in [0.4, 0.5) is 10.5 Å². The molecule has 0 radical (unpaired) electrons. The zero-order valence-electron chi connectivity index (χ0n) is 21.5. The second kappa shape index (κ2) is 9.70. The van der Waals surface area contributed by atoms with E-state index in [1.807, 2.05) is 51.1 Å². The Morgan fingerprint density at radius 1 is 1.17 bits per heavy atom. The smallest absolute Gasteiger partial charge is 0.410 e. The summed E-state index contributed by atoms with van der Waals surface area (Å²) in [7, 11) is -3.50. The lowest BCUT2D eigenvalue weighted by Crippen LogP contribution is -2.52. The van der Waals surface area contributed by atoms with Crippen LogP contribution >= 0.6 is 0 Å². The Balaban J connectivity index is 1.92. The zero-order chi connectivity index (χ0) is 26.2. The molecule has 1 amide bonds. The third kappa shape index (κ3) is 6.27. The lowest BCUT2D eigenvalue weighted by molar-refractivity contribution is -0.120. The number of hydrogen-bond acceptors (Lipinski definition) is 6.